The Labute approximate surface area is 131 Å². The van der Waals surface area contributed by atoms with Crippen LogP contribution in [0.2, 0.25) is 5.02 Å². The number of thioether (sulfide) groups is 1. The van der Waals surface area contributed by atoms with E-state index in [0.29, 0.717) is 16.0 Å². The molecular formula is C15H13ClN4S. The van der Waals surface area contributed by atoms with E-state index in [4.69, 9.17) is 17.4 Å². The molecular weight excluding hydrogens is 304 g/mol. The van der Waals surface area contributed by atoms with Crippen LogP contribution in [-0.2, 0) is 5.75 Å². The van der Waals surface area contributed by atoms with E-state index in [-0.39, 0.29) is 0 Å². The third kappa shape index (κ3) is 3.20. The normalized spacial score (nSPS) is 10.7. The lowest BCUT2D eigenvalue weighted by Gasteiger charge is -2.04. The maximum atomic E-state index is 6.08. The fraction of sp³-hybridized carbons (Fsp3) is 0.0667. The van der Waals surface area contributed by atoms with Crippen LogP contribution < -0.4 is 5.84 Å². The van der Waals surface area contributed by atoms with Crippen LogP contribution >= 0.6 is 23.4 Å². The van der Waals surface area contributed by atoms with Gasteiger partial charge in [0.05, 0.1) is 0 Å². The molecule has 0 unspecified atom stereocenters. The molecule has 0 aliphatic carbocycles. The Morgan fingerprint density at radius 3 is 2.62 bits per heavy atom. The van der Waals surface area contributed by atoms with Crippen LogP contribution in [0.4, 0.5) is 0 Å². The van der Waals surface area contributed by atoms with Gasteiger partial charge >= 0.3 is 0 Å². The van der Waals surface area contributed by atoms with E-state index >= 15 is 0 Å². The number of nitrogen functional groups attached to an aromatic ring is 1. The van der Waals surface area contributed by atoms with Crippen LogP contribution in [0.25, 0.3) is 11.4 Å². The molecule has 0 radical (unpaired) electrons. The summed E-state index contributed by atoms with van der Waals surface area (Å²) in [5, 5.41) is 9.61. The monoisotopic (exact) mass is 316 g/mol. The van der Waals surface area contributed by atoms with Crippen LogP contribution in [0.3, 0.4) is 0 Å². The molecule has 0 saturated heterocycles. The quantitative estimate of drug-likeness (QED) is 0.590. The third-order valence-electron chi connectivity index (χ3n) is 2.96. The van der Waals surface area contributed by atoms with Gasteiger partial charge in [-0.3, -0.25) is 0 Å². The minimum absolute atomic E-state index is 0.605. The van der Waals surface area contributed by atoms with Crippen molar-refractivity contribution in [3.05, 3.63) is 65.2 Å². The smallest absolute Gasteiger partial charge is 0.210 e. The minimum atomic E-state index is 0.605. The van der Waals surface area contributed by atoms with Crippen molar-refractivity contribution in [3.8, 4) is 11.4 Å². The van der Waals surface area contributed by atoms with E-state index in [0.717, 1.165) is 11.3 Å². The molecule has 0 spiro atoms. The van der Waals surface area contributed by atoms with Gasteiger partial charge < -0.3 is 5.84 Å². The van der Waals surface area contributed by atoms with Crippen molar-refractivity contribution in [1.82, 2.24) is 14.9 Å². The molecule has 3 aromatic rings. The zero-order valence-electron chi connectivity index (χ0n) is 11.1. The fourth-order valence-corrected chi connectivity index (χ4v) is 2.92. The average Bonchev–Trinajstić information content (AvgIpc) is 2.87. The number of halogens is 1. The van der Waals surface area contributed by atoms with E-state index in [2.05, 4.69) is 22.3 Å². The summed E-state index contributed by atoms with van der Waals surface area (Å²) >= 11 is 7.54. The second kappa shape index (κ2) is 6.20. The molecule has 0 aliphatic rings. The van der Waals surface area contributed by atoms with Gasteiger partial charge in [-0.2, -0.15) is 0 Å². The van der Waals surface area contributed by atoms with Gasteiger partial charge in [0.2, 0.25) is 5.16 Å². The maximum absolute atomic E-state index is 6.08. The van der Waals surface area contributed by atoms with E-state index < -0.39 is 0 Å². The number of benzene rings is 2. The SMILES string of the molecule is Nn1c(SCc2ccccc2)nnc1-c1cccc(Cl)c1. The molecule has 2 N–H and O–H groups in total. The lowest BCUT2D eigenvalue weighted by molar-refractivity contribution is 0.849. The molecule has 0 saturated carbocycles. The average molecular weight is 317 g/mol. The second-order valence-corrected chi connectivity index (χ2v) is 5.84. The molecule has 6 heteroatoms. The van der Waals surface area contributed by atoms with Gasteiger partial charge in [-0.1, -0.05) is 65.8 Å². The lowest BCUT2D eigenvalue weighted by atomic mass is 10.2. The number of nitrogens with zero attached hydrogens (tertiary/aromatic N) is 3. The Morgan fingerprint density at radius 2 is 1.86 bits per heavy atom. The fourth-order valence-electron chi connectivity index (χ4n) is 1.92. The van der Waals surface area contributed by atoms with Crippen molar-refractivity contribution in [2.24, 2.45) is 0 Å². The standard InChI is InChI=1S/C15H13ClN4S/c16-13-8-4-7-12(9-13)14-18-19-15(20(14)17)21-10-11-5-2-1-3-6-11/h1-9H,10,17H2. The molecule has 1 heterocycles. The van der Waals surface area contributed by atoms with E-state index in [1.807, 2.05) is 42.5 Å². The summed E-state index contributed by atoms with van der Waals surface area (Å²) in [6, 6.07) is 17.6. The highest BCUT2D eigenvalue weighted by Crippen LogP contribution is 2.25. The Balaban J connectivity index is 1.80. The molecule has 0 bridgehead atoms. The Hall–Kier alpha value is -1.98. The molecule has 0 atom stereocenters. The molecule has 21 heavy (non-hydrogen) atoms. The Kier molecular flexibility index (Phi) is 4.13. The van der Waals surface area contributed by atoms with Gasteiger partial charge in [0.25, 0.3) is 0 Å². The highest BCUT2D eigenvalue weighted by atomic mass is 35.5. The Morgan fingerprint density at radius 1 is 1.05 bits per heavy atom. The molecule has 0 amide bonds. The largest absolute Gasteiger partial charge is 0.335 e. The lowest BCUT2D eigenvalue weighted by Crippen LogP contribution is -2.11. The number of hydrogen-bond acceptors (Lipinski definition) is 4. The predicted octanol–water partition coefficient (Wildman–Crippen LogP) is 3.60. The highest BCUT2D eigenvalue weighted by molar-refractivity contribution is 7.98. The number of rotatable bonds is 4. The van der Waals surface area contributed by atoms with Gasteiger partial charge in [0.1, 0.15) is 0 Å². The van der Waals surface area contributed by atoms with E-state index in [9.17, 15) is 0 Å². The van der Waals surface area contributed by atoms with Crippen LogP contribution in [0.15, 0.2) is 59.8 Å². The van der Waals surface area contributed by atoms with Gasteiger partial charge in [-0.15, -0.1) is 10.2 Å². The maximum Gasteiger partial charge on any atom is 0.210 e. The molecule has 106 valence electrons. The molecule has 0 fully saturated rings. The topological polar surface area (TPSA) is 56.7 Å². The Bertz CT molecular complexity index is 742. The molecule has 4 nitrogen and oxygen atoms in total. The first-order valence-electron chi connectivity index (χ1n) is 6.37. The zero-order valence-corrected chi connectivity index (χ0v) is 12.7. The van der Waals surface area contributed by atoms with Gasteiger partial charge in [0, 0.05) is 16.3 Å². The van der Waals surface area contributed by atoms with Gasteiger partial charge in [0.15, 0.2) is 5.82 Å². The zero-order chi connectivity index (χ0) is 14.7. The third-order valence-corrected chi connectivity index (χ3v) is 4.21. The minimum Gasteiger partial charge on any atom is -0.335 e. The van der Waals surface area contributed by atoms with Crippen LogP contribution in [0.5, 0.6) is 0 Å². The van der Waals surface area contributed by atoms with Crippen molar-refractivity contribution >= 4 is 23.4 Å². The summed E-state index contributed by atoms with van der Waals surface area (Å²) < 4.78 is 1.50. The molecule has 1 aromatic heterocycles. The predicted molar refractivity (Wildman–Crippen MR) is 86.6 cm³/mol. The summed E-state index contributed by atoms with van der Waals surface area (Å²) in [5.41, 5.74) is 2.07. The van der Waals surface area contributed by atoms with E-state index in [1.165, 1.54) is 10.2 Å². The highest BCUT2D eigenvalue weighted by Gasteiger charge is 2.12. The van der Waals surface area contributed by atoms with Crippen LogP contribution in [0, 0.1) is 0 Å². The first-order valence-corrected chi connectivity index (χ1v) is 7.73. The van der Waals surface area contributed by atoms with Crippen molar-refractivity contribution in [2.75, 3.05) is 5.84 Å². The molecule has 0 aliphatic heterocycles. The summed E-state index contributed by atoms with van der Waals surface area (Å²) in [4.78, 5) is 0. The summed E-state index contributed by atoms with van der Waals surface area (Å²) in [6.45, 7) is 0. The van der Waals surface area contributed by atoms with Crippen molar-refractivity contribution < 1.29 is 0 Å². The number of nitrogens with two attached hydrogens (primary N) is 1. The van der Waals surface area contributed by atoms with E-state index in [1.54, 1.807) is 11.8 Å². The second-order valence-electron chi connectivity index (χ2n) is 4.46. The molecule has 2 aromatic carbocycles. The van der Waals surface area contributed by atoms with Gasteiger partial charge in [-0.25, -0.2) is 4.68 Å². The summed E-state index contributed by atoms with van der Waals surface area (Å²) in [6.07, 6.45) is 0. The van der Waals surface area contributed by atoms with Crippen molar-refractivity contribution in [2.45, 2.75) is 10.9 Å². The van der Waals surface area contributed by atoms with Crippen LogP contribution in [0.1, 0.15) is 5.56 Å². The first-order chi connectivity index (χ1) is 10.2. The molecule has 3 rings (SSSR count). The summed E-state index contributed by atoms with van der Waals surface area (Å²) in [5.74, 6) is 7.48. The van der Waals surface area contributed by atoms with Crippen molar-refractivity contribution in [1.29, 1.82) is 0 Å². The van der Waals surface area contributed by atoms with Gasteiger partial charge in [-0.05, 0) is 17.7 Å². The summed E-state index contributed by atoms with van der Waals surface area (Å²) in [7, 11) is 0. The van der Waals surface area contributed by atoms with Crippen molar-refractivity contribution in [3.63, 3.8) is 0 Å². The first kappa shape index (κ1) is 14.0. The number of hydrogen-bond donors (Lipinski definition) is 1. The van der Waals surface area contributed by atoms with Crippen LogP contribution in [-0.4, -0.2) is 14.9 Å². The number of aromatic nitrogens is 3.